The third-order valence-corrected chi connectivity index (χ3v) is 3.18. The number of carbonyl (C=O) groups is 1. The van der Waals surface area contributed by atoms with E-state index in [0.29, 0.717) is 6.42 Å². The van der Waals surface area contributed by atoms with Crippen LogP contribution in [0.4, 0.5) is 0 Å². The van der Waals surface area contributed by atoms with Gasteiger partial charge in [0.2, 0.25) is 5.91 Å². The summed E-state index contributed by atoms with van der Waals surface area (Å²) < 4.78 is 5.04. The van der Waals surface area contributed by atoms with E-state index in [1.807, 2.05) is 13.8 Å². The van der Waals surface area contributed by atoms with E-state index in [2.05, 4.69) is 15.8 Å². The Morgan fingerprint density at radius 1 is 1.56 bits per heavy atom. The monoisotopic (exact) mass is 273 g/mol. The molecule has 0 spiro atoms. The van der Waals surface area contributed by atoms with Gasteiger partial charge in [-0.05, 0) is 33.2 Å². The normalized spacial score (nSPS) is 19.1. The largest absolute Gasteiger partial charge is 0.361 e. The molecular weight excluding hydrogens is 254 g/mol. The Balaban J connectivity index is 0.00000162. The maximum absolute atomic E-state index is 11.9. The molecule has 5 nitrogen and oxygen atoms in total. The number of hydrogen-bond acceptors (Lipinski definition) is 4. The number of hydrogen-bond donors (Lipinski definition) is 2. The van der Waals surface area contributed by atoms with E-state index in [4.69, 9.17) is 4.52 Å². The van der Waals surface area contributed by atoms with E-state index >= 15 is 0 Å². The molecular formula is C12H20ClN3O2. The lowest BCUT2D eigenvalue weighted by Gasteiger charge is -2.23. The zero-order valence-electron chi connectivity index (χ0n) is 10.8. The molecule has 2 rings (SSSR count). The summed E-state index contributed by atoms with van der Waals surface area (Å²) in [4.78, 5) is 11.9. The third-order valence-electron chi connectivity index (χ3n) is 3.18. The molecule has 0 aliphatic carbocycles. The Morgan fingerprint density at radius 2 is 2.33 bits per heavy atom. The van der Waals surface area contributed by atoms with Crippen LogP contribution in [-0.4, -0.2) is 30.2 Å². The van der Waals surface area contributed by atoms with Gasteiger partial charge < -0.3 is 15.2 Å². The van der Waals surface area contributed by atoms with Gasteiger partial charge in [0.25, 0.3) is 0 Å². The number of carbonyl (C=O) groups excluding carboxylic acids is 1. The van der Waals surface area contributed by atoms with Crippen LogP contribution in [0.1, 0.15) is 29.9 Å². The molecule has 0 saturated carbocycles. The maximum Gasteiger partial charge on any atom is 0.224 e. The van der Waals surface area contributed by atoms with E-state index in [0.717, 1.165) is 42.9 Å². The first-order valence-electron chi connectivity index (χ1n) is 6.08. The van der Waals surface area contributed by atoms with Crippen LogP contribution in [0.3, 0.4) is 0 Å². The van der Waals surface area contributed by atoms with Crippen molar-refractivity contribution in [3.8, 4) is 0 Å². The van der Waals surface area contributed by atoms with E-state index < -0.39 is 0 Å². The summed E-state index contributed by atoms with van der Waals surface area (Å²) in [5, 5.41) is 10.2. The quantitative estimate of drug-likeness (QED) is 0.866. The molecule has 1 aromatic heterocycles. The molecule has 1 aliphatic heterocycles. The van der Waals surface area contributed by atoms with Crippen molar-refractivity contribution in [3.63, 3.8) is 0 Å². The van der Waals surface area contributed by atoms with Gasteiger partial charge in [0.15, 0.2) is 0 Å². The topological polar surface area (TPSA) is 67.2 Å². The first-order valence-corrected chi connectivity index (χ1v) is 6.08. The fourth-order valence-electron chi connectivity index (χ4n) is 2.17. The fourth-order valence-corrected chi connectivity index (χ4v) is 2.17. The molecule has 102 valence electrons. The van der Waals surface area contributed by atoms with Crippen LogP contribution in [0.15, 0.2) is 4.52 Å². The molecule has 18 heavy (non-hydrogen) atoms. The lowest BCUT2D eigenvalue weighted by molar-refractivity contribution is -0.121. The molecule has 0 bridgehead atoms. The van der Waals surface area contributed by atoms with Crippen molar-refractivity contribution in [3.05, 3.63) is 17.0 Å². The highest BCUT2D eigenvalue weighted by Gasteiger charge is 2.18. The number of halogens is 1. The van der Waals surface area contributed by atoms with Crippen molar-refractivity contribution in [1.29, 1.82) is 0 Å². The molecule has 1 fully saturated rings. The molecule has 1 saturated heterocycles. The summed E-state index contributed by atoms with van der Waals surface area (Å²) in [7, 11) is 0. The summed E-state index contributed by atoms with van der Waals surface area (Å²) in [6.07, 6.45) is 2.54. The molecule has 0 aromatic carbocycles. The average molecular weight is 274 g/mol. The average Bonchev–Trinajstić information content (AvgIpc) is 2.62. The molecule has 2 heterocycles. The van der Waals surface area contributed by atoms with Crippen LogP contribution < -0.4 is 10.6 Å². The first-order chi connectivity index (χ1) is 8.16. The van der Waals surface area contributed by atoms with Crippen LogP contribution in [0.25, 0.3) is 0 Å². The zero-order valence-corrected chi connectivity index (χ0v) is 11.6. The van der Waals surface area contributed by atoms with E-state index in [1.54, 1.807) is 0 Å². The lowest BCUT2D eigenvalue weighted by Crippen LogP contribution is -2.46. The van der Waals surface area contributed by atoms with E-state index in [-0.39, 0.29) is 24.4 Å². The highest BCUT2D eigenvalue weighted by atomic mass is 35.5. The van der Waals surface area contributed by atoms with Gasteiger partial charge in [-0.3, -0.25) is 4.79 Å². The second kappa shape index (κ2) is 6.75. The van der Waals surface area contributed by atoms with Crippen molar-refractivity contribution in [2.45, 2.75) is 39.2 Å². The number of aromatic nitrogens is 1. The molecule has 1 amide bonds. The van der Waals surface area contributed by atoms with Crippen molar-refractivity contribution < 1.29 is 9.32 Å². The van der Waals surface area contributed by atoms with Crippen LogP contribution >= 0.6 is 12.4 Å². The molecule has 2 N–H and O–H groups in total. The summed E-state index contributed by atoms with van der Waals surface area (Å²) in [6.45, 7) is 5.62. The molecule has 0 unspecified atom stereocenters. The number of nitrogens with one attached hydrogen (secondary N) is 2. The first kappa shape index (κ1) is 15.0. The van der Waals surface area contributed by atoms with Gasteiger partial charge in [-0.25, -0.2) is 0 Å². The second-order valence-electron chi connectivity index (χ2n) is 4.59. The predicted molar refractivity (Wildman–Crippen MR) is 71.0 cm³/mol. The molecule has 1 aromatic rings. The predicted octanol–water partition coefficient (Wildman–Crippen LogP) is 1.12. The smallest absolute Gasteiger partial charge is 0.224 e. The summed E-state index contributed by atoms with van der Waals surface area (Å²) in [6, 6.07) is 0.261. The van der Waals surface area contributed by atoms with Gasteiger partial charge in [0, 0.05) is 18.2 Å². The van der Waals surface area contributed by atoms with Gasteiger partial charge in [-0.1, -0.05) is 5.16 Å². The van der Waals surface area contributed by atoms with E-state index in [1.165, 1.54) is 0 Å². The second-order valence-corrected chi connectivity index (χ2v) is 4.59. The highest BCUT2D eigenvalue weighted by Crippen LogP contribution is 2.13. The number of amides is 1. The summed E-state index contributed by atoms with van der Waals surface area (Å²) in [5.74, 6) is 0.785. The third kappa shape index (κ3) is 3.71. The van der Waals surface area contributed by atoms with E-state index in [9.17, 15) is 4.79 Å². The van der Waals surface area contributed by atoms with Crippen LogP contribution in [0, 0.1) is 13.8 Å². The Hall–Kier alpha value is -1.07. The van der Waals surface area contributed by atoms with Crippen molar-refractivity contribution in [2.24, 2.45) is 0 Å². The van der Waals surface area contributed by atoms with Crippen LogP contribution in [0.5, 0.6) is 0 Å². The maximum atomic E-state index is 11.9. The van der Waals surface area contributed by atoms with Crippen molar-refractivity contribution in [1.82, 2.24) is 15.8 Å². The molecule has 1 aliphatic rings. The highest BCUT2D eigenvalue weighted by molar-refractivity contribution is 5.85. The minimum Gasteiger partial charge on any atom is -0.361 e. The summed E-state index contributed by atoms with van der Waals surface area (Å²) in [5.41, 5.74) is 1.71. The Morgan fingerprint density at radius 3 is 2.89 bits per heavy atom. The van der Waals surface area contributed by atoms with Gasteiger partial charge in [0.1, 0.15) is 5.76 Å². The Kier molecular flexibility index (Phi) is 5.62. The minimum atomic E-state index is 0. The Labute approximate surface area is 113 Å². The van der Waals surface area contributed by atoms with Gasteiger partial charge in [0.05, 0.1) is 12.1 Å². The van der Waals surface area contributed by atoms with Crippen molar-refractivity contribution >= 4 is 18.3 Å². The zero-order chi connectivity index (χ0) is 12.3. The fraction of sp³-hybridized carbons (Fsp3) is 0.667. The molecule has 1 atom stereocenters. The number of piperidine rings is 1. The molecule has 0 radical (unpaired) electrons. The minimum absolute atomic E-state index is 0. The van der Waals surface area contributed by atoms with Gasteiger partial charge >= 0.3 is 0 Å². The lowest BCUT2D eigenvalue weighted by atomic mass is 10.1. The SMILES string of the molecule is Cc1noc(C)c1CC(=O)N[C@H]1CCCNC1.Cl. The standard InChI is InChI=1S/C12H19N3O2.ClH/c1-8-11(9(2)17-15-8)6-12(16)14-10-4-3-5-13-7-10;/h10,13H,3-7H2,1-2H3,(H,14,16);1H/t10-;/m0./s1. The number of aryl methyl sites for hydroxylation is 2. The van der Waals surface area contributed by atoms with Gasteiger partial charge in [-0.2, -0.15) is 0 Å². The van der Waals surface area contributed by atoms with Gasteiger partial charge in [-0.15, -0.1) is 12.4 Å². The Bertz CT molecular complexity index is 381. The number of nitrogens with zero attached hydrogens (tertiary/aromatic N) is 1. The number of rotatable bonds is 3. The van der Waals surface area contributed by atoms with Crippen molar-refractivity contribution in [2.75, 3.05) is 13.1 Å². The van der Waals surface area contributed by atoms with Crippen LogP contribution in [-0.2, 0) is 11.2 Å². The summed E-state index contributed by atoms with van der Waals surface area (Å²) >= 11 is 0. The van der Waals surface area contributed by atoms with Crippen LogP contribution in [0.2, 0.25) is 0 Å². The molecule has 6 heteroatoms.